The quantitative estimate of drug-likeness (QED) is 0.597. The Kier molecular flexibility index (Phi) is 8.17. The molecule has 8 nitrogen and oxygen atoms in total. The first-order valence-electron chi connectivity index (χ1n) is 8.68. The molecule has 29 heavy (non-hydrogen) atoms. The maximum absolute atomic E-state index is 12.6. The van der Waals surface area contributed by atoms with Gasteiger partial charge < -0.3 is 15.4 Å². The molecule has 2 aromatic rings. The lowest BCUT2D eigenvalue weighted by atomic mass is 10.0. The van der Waals surface area contributed by atoms with Gasteiger partial charge in [-0.15, -0.1) is 0 Å². The molecule has 0 heterocycles. The molecule has 0 fully saturated rings. The Balaban J connectivity index is 2.04. The molecule has 2 rings (SSSR count). The second kappa shape index (κ2) is 10.8. The smallest absolute Gasteiger partial charge is 0.321 e. The molecule has 0 bridgehead atoms. The molecule has 0 aliphatic heterocycles. The summed E-state index contributed by atoms with van der Waals surface area (Å²) >= 11 is 6.06. The van der Waals surface area contributed by atoms with E-state index in [0.717, 1.165) is 0 Å². The number of hydrogen-bond acceptors (Lipinski definition) is 5. The Labute approximate surface area is 172 Å². The third kappa shape index (κ3) is 6.93. The average molecular weight is 418 g/mol. The molecule has 0 aliphatic carbocycles. The Morgan fingerprint density at radius 2 is 1.66 bits per heavy atom. The van der Waals surface area contributed by atoms with Crippen LogP contribution in [-0.2, 0) is 14.3 Å². The first-order valence-corrected chi connectivity index (χ1v) is 9.06. The highest BCUT2D eigenvalue weighted by molar-refractivity contribution is 6.33. The zero-order valence-electron chi connectivity index (χ0n) is 15.6. The lowest BCUT2D eigenvalue weighted by molar-refractivity contribution is -0.148. The zero-order chi connectivity index (χ0) is 21.2. The van der Waals surface area contributed by atoms with Gasteiger partial charge in [-0.2, -0.15) is 0 Å². The van der Waals surface area contributed by atoms with Crippen LogP contribution < -0.4 is 16.0 Å². The van der Waals surface area contributed by atoms with Crippen LogP contribution in [-0.4, -0.2) is 37.5 Å². The van der Waals surface area contributed by atoms with Gasteiger partial charge in [0, 0.05) is 7.05 Å². The summed E-state index contributed by atoms with van der Waals surface area (Å²) in [6.45, 7) is -0.619. The largest absolute Gasteiger partial charge is 0.455 e. The normalized spacial score (nSPS) is 11.1. The van der Waals surface area contributed by atoms with E-state index in [1.807, 2.05) is 5.32 Å². The van der Waals surface area contributed by atoms with Crippen LogP contribution in [0.2, 0.25) is 5.02 Å². The second-order valence-electron chi connectivity index (χ2n) is 5.91. The third-order valence-electron chi connectivity index (χ3n) is 3.84. The third-order valence-corrected chi connectivity index (χ3v) is 4.17. The van der Waals surface area contributed by atoms with Gasteiger partial charge in [0.25, 0.3) is 11.8 Å². The van der Waals surface area contributed by atoms with Crippen molar-refractivity contribution in [1.29, 1.82) is 0 Å². The summed E-state index contributed by atoms with van der Waals surface area (Å²) in [5, 5.41) is 7.23. The molecule has 0 saturated heterocycles. The van der Waals surface area contributed by atoms with E-state index < -0.39 is 36.5 Å². The van der Waals surface area contributed by atoms with Crippen molar-refractivity contribution in [3.63, 3.8) is 0 Å². The summed E-state index contributed by atoms with van der Waals surface area (Å²) < 4.78 is 4.90. The van der Waals surface area contributed by atoms with Crippen LogP contribution in [0.15, 0.2) is 54.6 Å². The van der Waals surface area contributed by atoms with E-state index in [-0.39, 0.29) is 17.0 Å². The number of urea groups is 1. The molecule has 0 saturated carbocycles. The van der Waals surface area contributed by atoms with Crippen molar-refractivity contribution >= 4 is 35.4 Å². The van der Waals surface area contributed by atoms with E-state index in [0.29, 0.717) is 5.56 Å². The molecule has 0 unspecified atom stereocenters. The summed E-state index contributed by atoms with van der Waals surface area (Å²) in [5.74, 6) is -1.94. The zero-order valence-corrected chi connectivity index (χ0v) is 16.4. The molecule has 1 atom stereocenters. The Morgan fingerprint density at radius 1 is 1.00 bits per heavy atom. The second-order valence-corrected chi connectivity index (χ2v) is 6.32. The number of benzene rings is 2. The van der Waals surface area contributed by atoms with Gasteiger partial charge in [-0.25, -0.2) is 4.79 Å². The van der Waals surface area contributed by atoms with Crippen molar-refractivity contribution in [3.05, 3.63) is 70.7 Å². The molecule has 9 heteroatoms. The fourth-order valence-corrected chi connectivity index (χ4v) is 2.64. The van der Waals surface area contributed by atoms with Crippen LogP contribution in [0.5, 0.6) is 0 Å². The van der Waals surface area contributed by atoms with Crippen LogP contribution in [0.1, 0.15) is 28.4 Å². The lowest BCUT2D eigenvalue weighted by Crippen LogP contribution is -2.40. The number of imide groups is 1. The average Bonchev–Trinajstić information content (AvgIpc) is 2.72. The molecule has 2 aromatic carbocycles. The predicted molar refractivity (Wildman–Crippen MR) is 106 cm³/mol. The van der Waals surface area contributed by atoms with E-state index in [1.54, 1.807) is 54.6 Å². The summed E-state index contributed by atoms with van der Waals surface area (Å²) in [6, 6.07) is 14.0. The number of ether oxygens (including phenoxy) is 1. The molecule has 3 N–H and O–H groups in total. The summed E-state index contributed by atoms with van der Waals surface area (Å²) in [5.41, 5.74) is 0.952. The van der Waals surface area contributed by atoms with E-state index in [1.165, 1.54) is 7.05 Å². The Bertz CT molecular complexity index is 889. The number of rotatable bonds is 7. The van der Waals surface area contributed by atoms with Crippen molar-refractivity contribution in [3.8, 4) is 0 Å². The van der Waals surface area contributed by atoms with Gasteiger partial charge in [-0.3, -0.25) is 19.7 Å². The highest BCUT2D eigenvalue weighted by Gasteiger charge is 2.21. The van der Waals surface area contributed by atoms with E-state index in [9.17, 15) is 19.2 Å². The number of esters is 1. The lowest BCUT2D eigenvalue weighted by Gasteiger charge is -2.19. The maximum Gasteiger partial charge on any atom is 0.321 e. The van der Waals surface area contributed by atoms with Crippen molar-refractivity contribution < 1.29 is 23.9 Å². The Hall–Kier alpha value is -3.39. The number of halogens is 1. The topological polar surface area (TPSA) is 114 Å². The molecule has 0 aliphatic rings. The van der Waals surface area contributed by atoms with Crippen LogP contribution in [0.25, 0.3) is 0 Å². The van der Waals surface area contributed by atoms with Gasteiger partial charge in [0.2, 0.25) is 0 Å². The molecular weight excluding hydrogens is 398 g/mol. The predicted octanol–water partition coefficient (Wildman–Crippen LogP) is 2.20. The van der Waals surface area contributed by atoms with Gasteiger partial charge >= 0.3 is 12.0 Å². The first-order chi connectivity index (χ1) is 13.9. The highest BCUT2D eigenvalue weighted by atomic mass is 35.5. The van der Waals surface area contributed by atoms with Crippen molar-refractivity contribution in [2.45, 2.75) is 12.5 Å². The van der Waals surface area contributed by atoms with Gasteiger partial charge in [0.05, 0.1) is 23.0 Å². The molecule has 0 aromatic heterocycles. The van der Waals surface area contributed by atoms with E-state index >= 15 is 0 Å². The van der Waals surface area contributed by atoms with Crippen LogP contribution in [0.3, 0.4) is 0 Å². The number of carbonyl (C=O) groups is 4. The van der Waals surface area contributed by atoms with Gasteiger partial charge in [0.1, 0.15) is 0 Å². The van der Waals surface area contributed by atoms with Crippen LogP contribution in [0, 0.1) is 0 Å². The van der Waals surface area contributed by atoms with Gasteiger partial charge in [0.15, 0.2) is 6.61 Å². The Morgan fingerprint density at radius 3 is 2.31 bits per heavy atom. The number of amides is 4. The summed E-state index contributed by atoms with van der Waals surface area (Å²) in [4.78, 5) is 47.4. The molecule has 152 valence electrons. The minimum atomic E-state index is -0.769. The SMILES string of the molecule is CNC(=O)NC(=O)COC(=O)C[C@@H](NC(=O)c1ccccc1Cl)c1ccccc1. The van der Waals surface area contributed by atoms with Crippen LogP contribution in [0.4, 0.5) is 4.79 Å². The van der Waals surface area contributed by atoms with Crippen molar-refractivity contribution in [2.24, 2.45) is 0 Å². The number of carbonyl (C=O) groups excluding carboxylic acids is 4. The standard InChI is InChI=1S/C20H20ClN3O5/c1-22-20(28)24-17(25)12-29-18(26)11-16(13-7-3-2-4-8-13)23-19(27)14-9-5-6-10-15(14)21/h2-10,16H,11-12H2,1H3,(H,23,27)(H2,22,24,25,28)/t16-/m1/s1. The number of hydrogen-bond donors (Lipinski definition) is 3. The molecular formula is C20H20ClN3O5. The van der Waals surface area contributed by atoms with Crippen molar-refractivity contribution in [1.82, 2.24) is 16.0 Å². The minimum Gasteiger partial charge on any atom is -0.455 e. The number of nitrogens with one attached hydrogen (secondary N) is 3. The fraction of sp³-hybridized carbons (Fsp3) is 0.200. The first kappa shape index (κ1) is 21.9. The van der Waals surface area contributed by atoms with Crippen LogP contribution >= 0.6 is 11.6 Å². The van der Waals surface area contributed by atoms with Crippen molar-refractivity contribution in [2.75, 3.05) is 13.7 Å². The fourth-order valence-electron chi connectivity index (χ4n) is 2.42. The van der Waals surface area contributed by atoms with E-state index in [4.69, 9.17) is 16.3 Å². The molecule has 4 amide bonds. The summed E-state index contributed by atoms with van der Waals surface area (Å²) in [7, 11) is 1.35. The maximum atomic E-state index is 12.6. The van der Waals surface area contributed by atoms with Gasteiger partial charge in [-0.05, 0) is 17.7 Å². The highest BCUT2D eigenvalue weighted by Crippen LogP contribution is 2.20. The van der Waals surface area contributed by atoms with E-state index in [2.05, 4.69) is 10.6 Å². The molecule has 0 radical (unpaired) electrons. The monoisotopic (exact) mass is 417 g/mol. The van der Waals surface area contributed by atoms with Gasteiger partial charge in [-0.1, -0.05) is 54.1 Å². The summed E-state index contributed by atoms with van der Waals surface area (Å²) in [6.07, 6.45) is -0.215. The minimum absolute atomic E-state index is 0.215. The molecule has 0 spiro atoms.